The van der Waals surface area contributed by atoms with Gasteiger partial charge in [-0.3, -0.25) is 14.3 Å². The first-order chi connectivity index (χ1) is 10.1. The Labute approximate surface area is 123 Å². The highest BCUT2D eigenvalue weighted by molar-refractivity contribution is 5.94. The lowest BCUT2D eigenvalue weighted by atomic mass is 10.2. The summed E-state index contributed by atoms with van der Waals surface area (Å²) >= 11 is 0. The van der Waals surface area contributed by atoms with Crippen molar-refractivity contribution in [2.75, 3.05) is 19.7 Å². The van der Waals surface area contributed by atoms with Crippen LogP contribution in [0.25, 0.3) is 0 Å². The number of carboxylic acid groups (broad SMARTS) is 1. The van der Waals surface area contributed by atoms with Gasteiger partial charge in [-0.05, 0) is 19.8 Å². The molecule has 1 saturated heterocycles. The second kappa shape index (κ2) is 7.21. The van der Waals surface area contributed by atoms with Gasteiger partial charge < -0.3 is 14.7 Å². The maximum atomic E-state index is 12.5. The first-order valence-electron chi connectivity index (χ1n) is 7.25. The van der Waals surface area contributed by atoms with E-state index in [1.165, 1.54) is 6.20 Å². The van der Waals surface area contributed by atoms with E-state index in [4.69, 9.17) is 9.84 Å². The first-order valence-corrected chi connectivity index (χ1v) is 7.25. The number of aryl methyl sites for hydroxylation is 1. The largest absolute Gasteiger partial charge is 0.481 e. The molecule has 0 unspecified atom stereocenters. The summed E-state index contributed by atoms with van der Waals surface area (Å²) in [4.78, 5) is 24.8. The molecule has 2 rings (SSSR count). The van der Waals surface area contributed by atoms with E-state index in [1.807, 2.05) is 6.92 Å². The molecule has 0 radical (unpaired) electrons. The number of ether oxygens (including phenoxy) is 1. The molecule has 1 amide bonds. The number of carbonyl (C=O) groups is 2. The third-order valence-electron chi connectivity index (χ3n) is 3.54. The van der Waals surface area contributed by atoms with Gasteiger partial charge in [0.1, 0.15) is 0 Å². The Morgan fingerprint density at radius 1 is 1.57 bits per heavy atom. The molecule has 7 nitrogen and oxygen atoms in total. The molecule has 116 valence electrons. The molecule has 1 aliphatic rings. The van der Waals surface area contributed by atoms with Gasteiger partial charge in [0.15, 0.2) is 0 Å². The predicted molar refractivity (Wildman–Crippen MR) is 75.0 cm³/mol. The van der Waals surface area contributed by atoms with Gasteiger partial charge in [-0.15, -0.1) is 0 Å². The number of rotatable bonds is 7. The highest BCUT2D eigenvalue weighted by atomic mass is 16.5. The van der Waals surface area contributed by atoms with Crippen LogP contribution >= 0.6 is 0 Å². The normalized spacial score (nSPS) is 17.9. The molecule has 0 bridgehead atoms. The molecular formula is C14H21N3O4. The number of carboxylic acids is 1. The summed E-state index contributed by atoms with van der Waals surface area (Å²) in [7, 11) is 0. The SMILES string of the molecule is CCn1cc(C(=O)N(CCC(=O)O)C[C@@H]2CCCO2)cn1. The maximum absolute atomic E-state index is 12.5. The Morgan fingerprint density at radius 2 is 2.38 bits per heavy atom. The summed E-state index contributed by atoms with van der Waals surface area (Å²) in [5.41, 5.74) is 0.486. The van der Waals surface area contributed by atoms with Crippen molar-refractivity contribution >= 4 is 11.9 Å². The highest BCUT2D eigenvalue weighted by Crippen LogP contribution is 2.15. The van der Waals surface area contributed by atoms with Crippen molar-refractivity contribution in [1.29, 1.82) is 0 Å². The fraction of sp³-hybridized carbons (Fsp3) is 0.643. The first kappa shape index (κ1) is 15.5. The summed E-state index contributed by atoms with van der Waals surface area (Å²) in [5.74, 6) is -1.10. The number of amides is 1. The van der Waals surface area contributed by atoms with Crippen LogP contribution in [0.3, 0.4) is 0 Å². The molecule has 0 aliphatic carbocycles. The summed E-state index contributed by atoms with van der Waals surface area (Å²) < 4.78 is 7.22. The molecule has 1 fully saturated rings. The van der Waals surface area contributed by atoms with E-state index in [9.17, 15) is 9.59 Å². The summed E-state index contributed by atoms with van der Waals surface area (Å²) in [6.07, 6.45) is 5.04. The van der Waals surface area contributed by atoms with Crippen LogP contribution in [0.4, 0.5) is 0 Å². The smallest absolute Gasteiger partial charge is 0.305 e. The van der Waals surface area contributed by atoms with E-state index in [0.717, 1.165) is 12.8 Å². The van der Waals surface area contributed by atoms with Crippen LogP contribution in [-0.4, -0.2) is 57.5 Å². The minimum Gasteiger partial charge on any atom is -0.481 e. The zero-order valence-electron chi connectivity index (χ0n) is 12.2. The van der Waals surface area contributed by atoms with Crippen LogP contribution in [-0.2, 0) is 16.1 Å². The van der Waals surface area contributed by atoms with Crippen molar-refractivity contribution in [3.8, 4) is 0 Å². The van der Waals surface area contributed by atoms with Gasteiger partial charge in [0.25, 0.3) is 5.91 Å². The van der Waals surface area contributed by atoms with Crippen LogP contribution in [0.2, 0.25) is 0 Å². The third-order valence-corrected chi connectivity index (χ3v) is 3.54. The Morgan fingerprint density at radius 3 is 2.95 bits per heavy atom. The van der Waals surface area contributed by atoms with Crippen molar-refractivity contribution in [3.05, 3.63) is 18.0 Å². The van der Waals surface area contributed by atoms with E-state index >= 15 is 0 Å². The zero-order chi connectivity index (χ0) is 15.2. The topological polar surface area (TPSA) is 84.7 Å². The zero-order valence-corrected chi connectivity index (χ0v) is 12.2. The van der Waals surface area contributed by atoms with Crippen molar-refractivity contribution in [2.45, 2.75) is 38.8 Å². The number of carbonyl (C=O) groups excluding carboxylic acids is 1. The van der Waals surface area contributed by atoms with Gasteiger partial charge >= 0.3 is 5.97 Å². The van der Waals surface area contributed by atoms with E-state index in [1.54, 1.807) is 15.8 Å². The molecule has 1 N–H and O–H groups in total. The van der Waals surface area contributed by atoms with Gasteiger partial charge in [-0.25, -0.2) is 0 Å². The lowest BCUT2D eigenvalue weighted by molar-refractivity contribution is -0.137. The van der Waals surface area contributed by atoms with Crippen LogP contribution < -0.4 is 0 Å². The van der Waals surface area contributed by atoms with Crippen LogP contribution in [0.5, 0.6) is 0 Å². The quantitative estimate of drug-likeness (QED) is 0.811. The second-order valence-corrected chi connectivity index (χ2v) is 5.11. The average Bonchev–Trinajstić information content (AvgIpc) is 3.13. The number of nitrogens with zero attached hydrogens (tertiary/aromatic N) is 3. The summed E-state index contributed by atoms with van der Waals surface area (Å²) in [6.45, 7) is 3.96. The second-order valence-electron chi connectivity index (χ2n) is 5.11. The lowest BCUT2D eigenvalue weighted by Crippen LogP contribution is -2.38. The fourth-order valence-electron chi connectivity index (χ4n) is 2.37. The fourth-order valence-corrected chi connectivity index (χ4v) is 2.37. The van der Waals surface area contributed by atoms with Crippen LogP contribution in [0.15, 0.2) is 12.4 Å². The van der Waals surface area contributed by atoms with Crippen molar-refractivity contribution in [3.63, 3.8) is 0 Å². The number of hydrogen-bond donors (Lipinski definition) is 1. The molecule has 0 aromatic carbocycles. The molecule has 1 aliphatic heterocycles. The average molecular weight is 295 g/mol. The van der Waals surface area contributed by atoms with Crippen molar-refractivity contribution in [1.82, 2.24) is 14.7 Å². The lowest BCUT2D eigenvalue weighted by Gasteiger charge is -2.24. The molecular weight excluding hydrogens is 274 g/mol. The Balaban J connectivity index is 2.04. The van der Waals surface area contributed by atoms with Crippen molar-refractivity contribution in [2.24, 2.45) is 0 Å². The summed E-state index contributed by atoms with van der Waals surface area (Å²) in [6, 6.07) is 0. The minimum absolute atomic E-state index is 0.00367. The van der Waals surface area contributed by atoms with E-state index in [2.05, 4.69) is 5.10 Å². The predicted octanol–water partition coefficient (Wildman–Crippen LogP) is 0.999. The van der Waals surface area contributed by atoms with Crippen LogP contribution in [0.1, 0.15) is 36.5 Å². The molecule has 1 atom stereocenters. The van der Waals surface area contributed by atoms with Gasteiger partial charge in [0, 0.05) is 32.4 Å². The van der Waals surface area contributed by atoms with E-state index in [0.29, 0.717) is 25.3 Å². The van der Waals surface area contributed by atoms with Gasteiger partial charge in [0.05, 0.1) is 24.3 Å². The van der Waals surface area contributed by atoms with Gasteiger partial charge in [-0.2, -0.15) is 5.10 Å². The Hall–Kier alpha value is -1.89. The highest BCUT2D eigenvalue weighted by Gasteiger charge is 2.24. The molecule has 1 aromatic heterocycles. The molecule has 0 saturated carbocycles. The van der Waals surface area contributed by atoms with E-state index < -0.39 is 5.97 Å². The summed E-state index contributed by atoms with van der Waals surface area (Å²) in [5, 5.41) is 12.9. The number of aromatic nitrogens is 2. The third kappa shape index (κ3) is 4.29. The Bertz CT molecular complexity index is 494. The minimum atomic E-state index is -0.913. The van der Waals surface area contributed by atoms with Crippen molar-refractivity contribution < 1.29 is 19.4 Å². The monoisotopic (exact) mass is 295 g/mol. The standard InChI is InChI=1S/C14H21N3O4/c1-2-17-9-11(8-15-17)14(20)16(6-5-13(18)19)10-12-4-3-7-21-12/h8-9,12H,2-7,10H2,1H3,(H,18,19)/t12-/m0/s1. The molecule has 2 heterocycles. The van der Waals surface area contributed by atoms with E-state index in [-0.39, 0.29) is 25.0 Å². The van der Waals surface area contributed by atoms with Gasteiger partial charge in [-0.1, -0.05) is 0 Å². The maximum Gasteiger partial charge on any atom is 0.305 e. The van der Waals surface area contributed by atoms with Crippen LogP contribution in [0, 0.1) is 0 Å². The molecule has 0 spiro atoms. The number of hydrogen-bond acceptors (Lipinski definition) is 4. The van der Waals surface area contributed by atoms with Gasteiger partial charge in [0.2, 0.25) is 0 Å². The molecule has 1 aromatic rings. The Kier molecular flexibility index (Phi) is 5.32. The molecule has 21 heavy (non-hydrogen) atoms. The number of aliphatic carboxylic acids is 1. The molecule has 7 heteroatoms.